The molecule has 0 radical (unpaired) electrons. The summed E-state index contributed by atoms with van der Waals surface area (Å²) >= 11 is 0. The van der Waals surface area contributed by atoms with Crippen LogP contribution in [0.15, 0.2) is 18.2 Å². The maximum absolute atomic E-state index is 11.8. The number of ether oxygens (including phenoxy) is 3. The molecule has 0 aromatic heterocycles. The molecule has 6 nitrogen and oxygen atoms in total. The van der Waals surface area contributed by atoms with E-state index in [0.717, 1.165) is 0 Å². The number of nitrogens with zero attached hydrogens (tertiary/aromatic N) is 1. The number of benzene rings is 1. The molecule has 2 N–H and O–H groups in total. The number of anilines is 1. The van der Waals surface area contributed by atoms with E-state index >= 15 is 0 Å². The Morgan fingerprint density at radius 1 is 1.21 bits per heavy atom. The molecule has 0 aliphatic heterocycles. The molecule has 0 unspecified atom stereocenters. The van der Waals surface area contributed by atoms with Crippen LogP contribution in [0.25, 0.3) is 0 Å². The lowest BCUT2D eigenvalue weighted by Crippen LogP contribution is -2.38. The molecule has 1 aromatic rings. The molecule has 1 aromatic carbocycles. The summed E-state index contributed by atoms with van der Waals surface area (Å²) in [6.07, 6.45) is 0. The molecule has 0 saturated carbocycles. The molecule has 1 amide bonds. The standard InChI is InChI=1S/C13H20N2O4/c1-17-7-6-15(13(16)9-14)10-4-5-11(18-2)12(8-10)19-3/h4-5,8H,6-7,9,14H2,1-3H3. The number of carbonyl (C=O) groups is 1. The molecule has 0 heterocycles. The lowest BCUT2D eigenvalue weighted by Gasteiger charge is -2.23. The zero-order valence-corrected chi connectivity index (χ0v) is 11.5. The van der Waals surface area contributed by atoms with Crippen molar-refractivity contribution in [1.29, 1.82) is 0 Å². The molecule has 0 fully saturated rings. The van der Waals surface area contributed by atoms with E-state index in [4.69, 9.17) is 19.9 Å². The Hall–Kier alpha value is -1.79. The average Bonchev–Trinajstić information content (AvgIpc) is 2.46. The number of amides is 1. The van der Waals surface area contributed by atoms with Gasteiger partial charge in [-0.2, -0.15) is 0 Å². The van der Waals surface area contributed by atoms with Crippen molar-refractivity contribution in [1.82, 2.24) is 0 Å². The van der Waals surface area contributed by atoms with Crippen LogP contribution in [0, 0.1) is 0 Å². The van der Waals surface area contributed by atoms with Gasteiger partial charge in [0.15, 0.2) is 11.5 Å². The van der Waals surface area contributed by atoms with E-state index in [1.807, 2.05) is 0 Å². The van der Waals surface area contributed by atoms with Gasteiger partial charge in [-0.3, -0.25) is 4.79 Å². The van der Waals surface area contributed by atoms with Crippen LogP contribution in [0.5, 0.6) is 11.5 Å². The molecule has 19 heavy (non-hydrogen) atoms. The van der Waals surface area contributed by atoms with Gasteiger partial charge in [0.25, 0.3) is 0 Å². The van der Waals surface area contributed by atoms with Crippen molar-refractivity contribution in [3.63, 3.8) is 0 Å². The average molecular weight is 268 g/mol. The van der Waals surface area contributed by atoms with Gasteiger partial charge in [-0.15, -0.1) is 0 Å². The van der Waals surface area contributed by atoms with Gasteiger partial charge in [-0.1, -0.05) is 0 Å². The fourth-order valence-electron chi connectivity index (χ4n) is 1.68. The Morgan fingerprint density at radius 3 is 2.42 bits per heavy atom. The van der Waals surface area contributed by atoms with Gasteiger partial charge in [0.05, 0.1) is 27.4 Å². The Balaban J connectivity index is 3.04. The van der Waals surface area contributed by atoms with Gasteiger partial charge in [-0.25, -0.2) is 0 Å². The highest BCUT2D eigenvalue weighted by molar-refractivity contribution is 5.95. The molecule has 0 atom stereocenters. The molecule has 0 bridgehead atoms. The smallest absolute Gasteiger partial charge is 0.240 e. The predicted octanol–water partition coefficient (Wildman–Crippen LogP) is 0.642. The molecule has 106 valence electrons. The van der Waals surface area contributed by atoms with Gasteiger partial charge < -0.3 is 24.8 Å². The molecule has 0 saturated heterocycles. The van der Waals surface area contributed by atoms with Crippen molar-refractivity contribution in [3.05, 3.63) is 18.2 Å². The highest BCUT2D eigenvalue weighted by atomic mass is 16.5. The number of hydrogen-bond acceptors (Lipinski definition) is 5. The zero-order chi connectivity index (χ0) is 14.3. The maximum Gasteiger partial charge on any atom is 0.240 e. The molecular formula is C13H20N2O4. The van der Waals surface area contributed by atoms with Crippen LogP contribution in [0.3, 0.4) is 0 Å². The van der Waals surface area contributed by atoms with Crippen LogP contribution in [0.2, 0.25) is 0 Å². The molecule has 0 aliphatic rings. The number of rotatable bonds is 7. The maximum atomic E-state index is 11.8. The number of carbonyl (C=O) groups excluding carboxylic acids is 1. The molecule has 0 spiro atoms. The highest BCUT2D eigenvalue weighted by Gasteiger charge is 2.16. The normalized spacial score (nSPS) is 10.1. The molecule has 0 aliphatic carbocycles. The Bertz CT molecular complexity index is 423. The Labute approximate surface area is 113 Å². The van der Waals surface area contributed by atoms with Crippen LogP contribution >= 0.6 is 0 Å². The van der Waals surface area contributed by atoms with Crippen molar-refractivity contribution in [2.45, 2.75) is 0 Å². The molecule has 6 heteroatoms. The molecule has 1 rings (SSSR count). The Kier molecular flexibility index (Phi) is 6.11. The summed E-state index contributed by atoms with van der Waals surface area (Å²) in [7, 11) is 4.69. The summed E-state index contributed by atoms with van der Waals surface area (Å²) in [6.45, 7) is 0.806. The number of methoxy groups -OCH3 is 3. The highest BCUT2D eigenvalue weighted by Crippen LogP contribution is 2.31. The van der Waals surface area contributed by atoms with E-state index in [2.05, 4.69) is 0 Å². The monoisotopic (exact) mass is 268 g/mol. The van der Waals surface area contributed by atoms with Crippen molar-refractivity contribution in [3.8, 4) is 11.5 Å². The first-order valence-corrected chi connectivity index (χ1v) is 5.89. The third-order valence-electron chi connectivity index (χ3n) is 2.67. The largest absolute Gasteiger partial charge is 0.493 e. The summed E-state index contributed by atoms with van der Waals surface area (Å²) in [5.74, 6) is 0.995. The minimum Gasteiger partial charge on any atom is -0.493 e. The summed E-state index contributed by atoms with van der Waals surface area (Å²) in [4.78, 5) is 13.4. The molecular weight excluding hydrogens is 248 g/mol. The fraction of sp³-hybridized carbons (Fsp3) is 0.462. The van der Waals surface area contributed by atoms with Crippen molar-refractivity contribution in [2.24, 2.45) is 5.73 Å². The summed E-state index contributed by atoms with van der Waals surface area (Å²) in [5, 5.41) is 0. The van der Waals surface area contributed by atoms with Gasteiger partial charge >= 0.3 is 0 Å². The van der Waals surface area contributed by atoms with E-state index < -0.39 is 0 Å². The minimum atomic E-state index is -0.177. The van der Waals surface area contributed by atoms with E-state index in [1.165, 1.54) is 0 Å². The second kappa shape index (κ2) is 7.60. The van der Waals surface area contributed by atoms with E-state index in [0.29, 0.717) is 30.3 Å². The predicted molar refractivity (Wildman–Crippen MR) is 72.8 cm³/mol. The van der Waals surface area contributed by atoms with Crippen LogP contribution in [-0.4, -0.2) is 46.9 Å². The van der Waals surface area contributed by atoms with Gasteiger partial charge in [0.2, 0.25) is 5.91 Å². The van der Waals surface area contributed by atoms with Crippen LogP contribution in [-0.2, 0) is 9.53 Å². The summed E-state index contributed by atoms with van der Waals surface area (Å²) in [6, 6.07) is 5.27. The van der Waals surface area contributed by atoms with E-state index in [-0.39, 0.29) is 12.5 Å². The van der Waals surface area contributed by atoms with Gasteiger partial charge in [-0.05, 0) is 12.1 Å². The van der Waals surface area contributed by atoms with Gasteiger partial charge in [0.1, 0.15) is 0 Å². The van der Waals surface area contributed by atoms with Crippen LogP contribution in [0.1, 0.15) is 0 Å². The first-order chi connectivity index (χ1) is 9.17. The number of hydrogen-bond donors (Lipinski definition) is 1. The van der Waals surface area contributed by atoms with E-state index in [1.54, 1.807) is 44.4 Å². The SMILES string of the molecule is COCCN(C(=O)CN)c1ccc(OC)c(OC)c1. The quantitative estimate of drug-likeness (QED) is 0.785. The number of nitrogens with two attached hydrogens (primary N) is 1. The first-order valence-electron chi connectivity index (χ1n) is 5.89. The van der Waals surface area contributed by atoms with Crippen molar-refractivity contribution >= 4 is 11.6 Å². The van der Waals surface area contributed by atoms with Crippen molar-refractivity contribution in [2.75, 3.05) is 45.9 Å². The lowest BCUT2D eigenvalue weighted by atomic mass is 10.2. The zero-order valence-electron chi connectivity index (χ0n) is 11.5. The van der Waals surface area contributed by atoms with Crippen LogP contribution in [0.4, 0.5) is 5.69 Å². The third kappa shape index (κ3) is 3.84. The topological polar surface area (TPSA) is 74.0 Å². The fourth-order valence-corrected chi connectivity index (χ4v) is 1.68. The summed E-state index contributed by atoms with van der Waals surface area (Å²) in [5.41, 5.74) is 6.12. The van der Waals surface area contributed by atoms with Crippen LogP contribution < -0.4 is 20.1 Å². The first kappa shape index (κ1) is 15.3. The van der Waals surface area contributed by atoms with E-state index in [9.17, 15) is 4.79 Å². The van der Waals surface area contributed by atoms with Gasteiger partial charge in [0, 0.05) is 25.4 Å². The second-order valence-corrected chi connectivity index (χ2v) is 3.78. The third-order valence-corrected chi connectivity index (χ3v) is 2.67. The minimum absolute atomic E-state index is 0.0575. The van der Waals surface area contributed by atoms with Crippen molar-refractivity contribution < 1.29 is 19.0 Å². The Morgan fingerprint density at radius 2 is 1.89 bits per heavy atom. The second-order valence-electron chi connectivity index (χ2n) is 3.78. The lowest BCUT2D eigenvalue weighted by molar-refractivity contribution is -0.117. The summed E-state index contributed by atoms with van der Waals surface area (Å²) < 4.78 is 15.4.